The Labute approximate surface area is 183 Å². The summed E-state index contributed by atoms with van der Waals surface area (Å²) >= 11 is 1.49. The zero-order valence-corrected chi connectivity index (χ0v) is 18.4. The van der Waals surface area contributed by atoms with Crippen molar-refractivity contribution in [1.82, 2.24) is 19.1 Å². The first-order valence-corrected chi connectivity index (χ1v) is 11.6. The van der Waals surface area contributed by atoms with Crippen LogP contribution in [0.2, 0.25) is 0 Å². The van der Waals surface area contributed by atoms with Gasteiger partial charge in [-0.05, 0) is 41.8 Å². The second kappa shape index (κ2) is 8.42. The molecule has 4 rings (SSSR count). The molecule has 0 bridgehead atoms. The number of amides is 1. The molecule has 10 heteroatoms. The van der Waals surface area contributed by atoms with Gasteiger partial charge in [-0.3, -0.25) is 4.79 Å². The standard InChI is InChI=1S/C21H19N5O3S2/c1-25(2)31(28,29)17-11-6-8-15(14-17)22-21(27)19-23-20(18-12-7-13-30-18)26(24-19)16-9-4-3-5-10-16/h3-14H,1-2H3,(H,22,27). The van der Waals surface area contributed by atoms with Crippen LogP contribution in [0.5, 0.6) is 0 Å². The fourth-order valence-corrected chi connectivity index (χ4v) is 4.50. The van der Waals surface area contributed by atoms with Crippen LogP contribution in [0, 0.1) is 0 Å². The molecule has 2 aromatic heterocycles. The molecule has 2 heterocycles. The highest BCUT2D eigenvalue weighted by atomic mass is 32.2. The third-order valence-electron chi connectivity index (χ3n) is 4.42. The van der Waals surface area contributed by atoms with Crippen molar-refractivity contribution in [2.75, 3.05) is 19.4 Å². The number of sulfonamides is 1. The minimum Gasteiger partial charge on any atom is -0.319 e. The second-order valence-corrected chi connectivity index (χ2v) is 9.85. The van der Waals surface area contributed by atoms with Crippen LogP contribution < -0.4 is 5.32 Å². The Bertz CT molecular complexity index is 1310. The lowest BCUT2D eigenvalue weighted by Crippen LogP contribution is -2.22. The molecular formula is C21H19N5O3S2. The molecule has 0 aliphatic carbocycles. The number of carbonyl (C=O) groups is 1. The van der Waals surface area contributed by atoms with Gasteiger partial charge in [0.15, 0.2) is 5.82 Å². The smallest absolute Gasteiger partial charge is 0.295 e. The monoisotopic (exact) mass is 453 g/mol. The van der Waals surface area contributed by atoms with Gasteiger partial charge >= 0.3 is 0 Å². The summed E-state index contributed by atoms with van der Waals surface area (Å²) in [4.78, 5) is 18.3. The van der Waals surface area contributed by atoms with Gasteiger partial charge in [0.2, 0.25) is 15.8 Å². The van der Waals surface area contributed by atoms with E-state index >= 15 is 0 Å². The van der Waals surface area contributed by atoms with Crippen LogP contribution in [0.3, 0.4) is 0 Å². The van der Waals surface area contributed by atoms with Crippen molar-refractivity contribution in [2.45, 2.75) is 4.90 Å². The van der Waals surface area contributed by atoms with Crippen molar-refractivity contribution in [3.05, 3.63) is 77.9 Å². The summed E-state index contributed by atoms with van der Waals surface area (Å²) in [5.74, 6) is -0.00435. The SMILES string of the molecule is CN(C)S(=O)(=O)c1cccc(NC(=O)c2nc(-c3cccs3)n(-c3ccccc3)n2)c1. The molecule has 31 heavy (non-hydrogen) atoms. The van der Waals surface area contributed by atoms with Gasteiger partial charge in [0.25, 0.3) is 5.91 Å². The molecule has 0 unspecified atom stereocenters. The molecule has 0 radical (unpaired) electrons. The van der Waals surface area contributed by atoms with Crippen molar-refractivity contribution < 1.29 is 13.2 Å². The van der Waals surface area contributed by atoms with E-state index in [2.05, 4.69) is 15.4 Å². The molecule has 0 saturated carbocycles. The van der Waals surface area contributed by atoms with E-state index in [1.807, 2.05) is 47.8 Å². The van der Waals surface area contributed by atoms with E-state index in [0.717, 1.165) is 14.9 Å². The summed E-state index contributed by atoms with van der Waals surface area (Å²) in [5.41, 5.74) is 1.11. The number of carbonyl (C=O) groups excluding carboxylic acids is 1. The Morgan fingerprint density at radius 1 is 1.03 bits per heavy atom. The van der Waals surface area contributed by atoms with E-state index in [4.69, 9.17) is 0 Å². The number of anilines is 1. The number of rotatable bonds is 6. The van der Waals surface area contributed by atoms with E-state index in [1.165, 1.54) is 37.6 Å². The van der Waals surface area contributed by atoms with Gasteiger partial charge in [0.1, 0.15) is 0 Å². The summed E-state index contributed by atoms with van der Waals surface area (Å²) < 4.78 is 27.5. The number of benzene rings is 2. The number of aromatic nitrogens is 3. The Morgan fingerprint density at radius 2 is 1.81 bits per heavy atom. The maximum absolute atomic E-state index is 12.9. The summed E-state index contributed by atoms with van der Waals surface area (Å²) in [7, 11) is -0.718. The van der Waals surface area contributed by atoms with Crippen molar-refractivity contribution >= 4 is 33.0 Å². The molecule has 1 amide bonds. The van der Waals surface area contributed by atoms with E-state index in [1.54, 1.807) is 16.8 Å². The molecule has 2 aromatic carbocycles. The zero-order chi connectivity index (χ0) is 22.0. The van der Waals surface area contributed by atoms with Gasteiger partial charge in [-0.15, -0.1) is 16.4 Å². The number of hydrogen-bond donors (Lipinski definition) is 1. The number of nitrogens with zero attached hydrogens (tertiary/aromatic N) is 4. The second-order valence-electron chi connectivity index (χ2n) is 6.75. The molecule has 0 aliphatic heterocycles. The third kappa shape index (κ3) is 4.26. The molecule has 0 fully saturated rings. The molecule has 0 saturated heterocycles. The summed E-state index contributed by atoms with van der Waals surface area (Å²) in [6.07, 6.45) is 0. The predicted molar refractivity (Wildman–Crippen MR) is 120 cm³/mol. The maximum atomic E-state index is 12.9. The van der Waals surface area contributed by atoms with Crippen LogP contribution in [0.15, 0.2) is 77.0 Å². The first-order valence-electron chi connectivity index (χ1n) is 9.26. The molecule has 158 valence electrons. The number of nitrogens with one attached hydrogen (secondary N) is 1. The van der Waals surface area contributed by atoms with Crippen molar-refractivity contribution in [3.8, 4) is 16.4 Å². The maximum Gasteiger partial charge on any atom is 0.295 e. The fraction of sp³-hybridized carbons (Fsp3) is 0.0952. The highest BCUT2D eigenvalue weighted by Crippen LogP contribution is 2.26. The molecule has 8 nitrogen and oxygen atoms in total. The number of hydrogen-bond acceptors (Lipinski definition) is 6. The summed E-state index contributed by atoms with van der Waals surface area (Å²) in [6.45, 7) is 0. The average Bonchev–Trinajstić information content (AvgIpc) is 3.44. The van der Waals surface area contributed by atoms with Gasteiger partial charge in [-0.1, -0.05) is 30.3 Å². The summed E-state index contributed by atoms with van der Waals surface area (Å²) in [5, 5.41) is 9.02. The topological polar surface area (TPSA) is 97.2 Å². The highest BCUT2D eigenvalue weighted by Gasteiger charge is 2.21. The molecule has 4 aromatic rings. The fourth-order valence-electron chi connectivity index (χ4n) is 2.85. The quantitative estimate of drug-likeness (QED) is 0.482. The van der Waals surface area contributed by atoms with Gasteiger partial charge < -0.3 is 5.32 Å². The minimum absolute atomic E-state index is 0.0203. The Balaban J connectivity index is 1.67. The molecule has 0 aliphatic rings. The largest absolute Gasteiger partial charge is 0.319 e. The van der Waals surface area contributed by atoms with Crippen molar-refractivity contribution in [1.29, 1.82) is 0 Å². The molecular weight excluding hydrogens is 434 g/mol. The molecule has 0 atom stereocenters. The lowest BCUT2D eigenvalue weighted by molar-refractivity contribution is 0.101. The van der Waals surface area contributed by atoms with Crippen LogP contribution in [0.25, 0.3) is 16.4 Å². The highest BCUT2D eigenvalue weighted by molar-refractivity contribution is 7.89. The van der Waals surface area contributed by atoms with E-state index < -0.39 is 15.9 Å². The van der Waals surface area contributed by atoms with E-state index in [0.29, 0.717) is 11.5 Å². The van der Waals surface area contributed by atoms with Crippen molar-refractivity contribution in [3.63, 3.8) is 0 Å². The molecule has 0 spiro atoms. The normalized spacial score (nSPS) is 11.6. The Kier molecular flexibility index (Phi) is 5.68. The first-order chi connectivity index (χ1) is 14.9. The van der Waals surface area contributed by atoms with Gasteiger partial charge in [-0.2, -0.15) is 0 Å². The lowest BCUT2D eigenvalue weighted by Gasteiger charge is -2.12. The minimum atomic E-state index is -3.62. The third-order valence-corrected chi connectivity index (χ3v) is 7.10. The first kappa shape index (κ1) is 20.9. The Morgan fingerprint density at radius 3 is 2.48 bits per heavy atom. The van der Waals surface area contributed by atoms with Crippen LogP contribution >= 0.6 is 11.3 Å². The van der Waals surface area contributed by atoms with Crippen LogP contribution in [-0.4, -0.2) is 47.5 Å². The number of thiophene rings is 1. The van der Waals surface area contributed by atoms with E-state index in [9.17, 15) is 13.2 Å². The zero-order valence-electron chi connectivity index (χ0n) is 16.8. The summed E-state index contributed by atoms with van der Waals surface area (Å²) in [6, 6.07) is 19.3. The lowest BCUT2D eigenvalue weighted by atomic mass is 10.3. The van der Waals surface area contributed by atoms with E-state index in [-0.39, 0.29) is 10.7 Å². The van der Waals surface area contributed by atoms with Gasteiger partial charge in [0.05, 0.1) is 15.5 Å². The van der Waals surface area contributed by atoms with Gasteiger partial charge in [-0.25, -0.2) is 22.4 Å². The van der Waals surface area contributed by atoms with Crippen LogP contribution in [0.4, 0.5) is 5.69 Å². The molecule has 1 N–H and O–H groups in total. The predicted octanol–water partition coefficient (Wildman–Crippen LogP) is 3.50. The number of para-hydroxylation sites is 1. The average molecular weight is 454 g/mol. The van der Waals surface area contributed by atoms with Crippen LogP contribution in [0.1, 0.15) is 10.6 Å². The van der Waals surface area contributed by atoms with Gasteiger partial charge in [0, 0.05) is 19.8 Å². The Hall–Kier alpha value is -3.34. The van der Waals surface area contributed by atoms with Crippen molar-refractivity contribution in [2.24, 2.45) is 0 Å². The van der Waals surface area contributed by atoms with Crippen LogP contribution in [-0.2, 0) is 10.0 Å².